The van der Waals surface area contributed by atoms with E-state index in [1.165, 1.54) is 4.57 Å². The minimum Gasteiger partial charge on any atom is -0.348 e. The molecule has 0 saturated heterocycles. The summed E-state index contributed by atoms with van der Waals surface area (Å²) >= 11 is 0. The first kappa shape index (κ1) is 12.4. The van der Waals surface area contributed by atoms with Gasteiger partial charge in [-0.1, -0.05) is 18.2 Å². The van der Waals surface area contributed by atoms with Gasteiger partial charge in [-0.15, -0.1) is 0 Å². The summed E-state index contributed by atoms with van der Waals surface area (Å²) in [4.78, 5) is 24.5. The van der Waals surface area contributed by atoms with Crippen molar-refractivity contribution in [1.82, 2.24) is 9.13 Å². The molecule has 0 amide bonds. The zero-order valence-corrected chi connectivity index (χ0v) is 11.1. The van der Waals surface area contributed by atoms with E-state index in [9.17, 15) is 9.59 Å². The van der Waals surface area contributed by atoms with Gasteiger partial charge < -0.3 is 9.13 Å². The molecule has 0 aliphatic rings. The Morgan fingerprint density at radius 3 is 2.60 bits per heavy atom. The fourth-order valence-corrected chi connectivity index (χ4v) is 2.34. The second-order valence-electron chi connectivity index (χ2n) is 4.76. The number of pyridine rings is 1. The maximum absolute atomic E-state index is 12.3. The van der Waals surface area contributed by atoms with Gasteiger partial charge in [0.05, 0.1) is 12.2 Å². The third-order valence-corrected chi connectivity index (χ3v) is 3.43. The van der Waals surface area contributed by atoms with Crippen LogP contribution in [0.15, 0.2) is 59.7 Å². The molecule has 4 heteroatoms. The monoisotopic (exact) mass is 266 g/mol. The van der Waals surface area contributed by atoms with Crippen molar-refractivity contribution < 1.29 is 4.79 Å². The zero-order valence-electron chi connectivity index (χ0n) is 11.1. The molecule has 2 aromatic heterocycles. The van der Waals surface area contributed by atoms with Gasteiger partial charge >= 0.3 is 0 Å². The van der Waals surface area contributed by atoms with Gasteiger partial charge in [-0.05, 0) is 29.7 Å². The van der Waals surface area contributed by atoms with Gasteiger partial charge in [0.15, 0.2) is 5.78 Å². The van der Waals surface area contributed by atoms with Crippen LogP contribution in [-0.4, -0.2) is 14.9 Å². The molecule has 0 bridgehead atoms. The van der Waals surface area contributed by atoms with Crippen molar-refractivity contribution in [2.24, 2.45) is 7.05 Å². The van der Waals surface area contributed by atoms with Crippen molar-refractivity contribution in [3.8, 4) is 0 Å². The summed E-state index contributed by atoms with van der Waals surface area (Å²) in [6.07, 6.45) is 3.49. The molecule has 0 spiro atoms. The summed E-state index contributed by atoms with van der Waals surface area (Å²) < 4.78 is 3.21. The van der Waals surface area contributed by atoms with Gasteiger partial charge in [0.1, 0.15) is 0 Å². The second kappa shape index (κ2) is 4.81. The molecule has 0 unspecified atom stereocenters. The van der Waals surface area contributed by atoms with Crippen LogP contribution in [0, 0.1) is 0 Å². The smallest absolute Gasteiger partial charge is 0.258 e. The van der Waals surface area contributed by atoms with E-state index in [4.69, 9.17) is 0 Å². The van der Waals surface area contributed by atoms with Crippen LogP contribution >= 0.6 is 0 Å². The third-order valence-electron chi connectivity index (χ3n) is 3.43. The standard InChI is InChI=1S/C16H14N2O2/c1-17-9-4-7-14(17)15(19)11-18-10-8-12-5-2-3-6-13(12)16(18)20/h2-10H,11H2,1H3. The number of nitrogens with zero attached hydrogens (tertiary/aromatic N) is 2. The van der Waals surface area contributed by atoms with E-state index in [0.29, 0.717) is 11.1 Å². The number of carbonyl (C=O) groups excluding carboxylic acids is 1. The van der Waals surface area contributed by atoms with Crippen molar-refractivity contribution >= 4 is 16.6 Å². The van der Waals surface area contributed by atoms with Crippen LogP contribution in [0.2, 0.25) is 0 Å². The highest BCUT2D eigenvalue weighted by Gasteiger charge is 2.11. The van der Waals surface area contributed by atoms with E-state index in [-0.39, 0.29) is 17.9 Å². The Balaban J connectivity index is 2.00. The Hall–Kier alpha value is -2.62. The number of aryl methyl sites for hydroxylation is 1. The van der Waals surface area contributed by atoms with Crippen molar-refractivity contribution in [2.45, 2.75) is 6.54 Å². The van der Waals surface area contributed by atoms with Crippen LogP contribution in [-0.2, 0) is 13.6 Å². The van der Waals surface area contributed by atoms with Crippen LogP contribution < -0.4 is 5.56 Å². The number of hydrogen-bond acceptors (Lipinski definition) is 2. The summed E-state index contributed by atoms with van der Waals surface area (Å²) in [5.74, 6) is -0.0742. The molecular formula is C16H14N2O2. The number of Topliss-reactive ketones (excluding diaryl/α,β-unsaturated/α-hetero) is 1. The first-order valence-electron chi connectivity index (χ1n) is 6.39. The highest BCUT2D eigenvalue weighted by molar-refractivity contribution is 5.94. The Morgan fingerprint density at radius 1 is 1.05 bits per heavy atom. The minimum absolute atomic E-state index is 0.0571. The SMILES string of the molecule is Cn1cccc1C(=O)Cn1ccc2ccccc2c1=O. The number of hydrogen-bond donors (Lipinski definition) is 0. The lowest BCUT2D eigenvalue weighted by Crippen LogP contribution is -2.24. The van der Waals surface area contributed by atoms with Crippen LogP contribution in [0.3, 0.4) is 0 Å². The van der Waals surface area contributed by atoms with E-state index >= 15 is 0 Å². The topological polar surface area (TPSA) is 44.0 Å². The minimum atomic E-state index is -0.134. The van der Waals surface area contributed by atoms with Gasteiger partial charge in [-0.25, -0.2) is 0 Å². The van der Waals surface area contributed by atoms with Crippen LogP contribution in [0.4, 0.5) is 0 Å². The molecule has 0 atom stereocenters. The molecule has 0 saturated carbocycles. The fourth-order valence-electron chi connectivity index (χ4n) is 2.34. The predicted octanol–water partition coefficient (Wildman–Crippen LogP) is 2.22. The molecule has 0 N–H and O–H groups in total. The number of aromatic nitrogens is 2. The number of carbonyl (C=O) groups is 1. The first-order chi connectivity index (χ1) is 9.66. The molecule has 3 rings (SSSR count). The van der Waals surface area contributed by atoms with E-state index in [0.717, 1.165) is 5.39 Å². The van der Waals surface area contributed by atoms with Gasteiger partial charge in [-0.3, -0.25) is 9.59 Å². The Morgan fingerprint density at radius 2 is 1.85 bits per heavy atom. The van der Waals surface area contributed by atoms with Gasteiger partial charge in [0, 0.05) is 24.8 Å². The van der Waals surface area contributed by atoms with Crippen LogP contribution in [0.5, 0.6) is 0 Å². The van der Waals surface area contributed by atoms with Crippen molar-refractivity contribution in [3.05, 3.63) is 70.9 Å². The Bertz CT molecular complexity index is 843. The normalized spacial score (nSPS) is 10.8. The van der Waals surface area contributed by atoms with E-state index in [2.05, 4.69) is 0 Å². The molecule has 1 aromatic carbocycles. The first-order valence-corrected chi connectivity index (χ1v) is 6.39. The van der Waals surface area contributed by atoms with Gasteiger partial charge in [0.2, 0.25) is 0 Å². The number of rotatable bonds is 3. The fraction of sp³-hybridized carbons (Fsp3) is 0.125. The molecule has 20 heavy (non-hydrogen) atoms. The van der Waals surface area contributed by atoms with Crippen molar-refractivity contribution in [3.63, 3.8) is 0 Å². The summed E-state index contributed by atoms with van der Waals surface area (Å²) in [5.41, 5.74) is 0.468. The average Bonchev–Trinajstić information content (AvgIpc) is 2.88. The lowest BCUT2D eigenvalue weighted by molar-refractivity contribution is 0.0963. The van der Waals surface area contributed by atoms with Crippen molar-refractivity contribution in [2.75, 3.05) is 0 Å². The molecular weight excluding hydrogens is 252 g/mol. The summed E-state index contributed by atoms with van der Waals surface area (Å²) in [6.45, 7) is 0.0571. The average molecular weight is 266 g/mol. The number of benzene rings is 1. The van der Waals surface area contributed by atoms with Crippen molar-refractivity contribution in [1.29, 1.82) is 0 Å². The van der Waals surface area contributed by atoms with Gasteiger partial charge in [0.25, 0.3) is 5.56 Å². The van der Waals surface area contributed by atoms with Crippen LogP contribution in [0.25, 0.3) is 10.8 Å². The predicted molar refractivity (Wildman–Crippen MR) is 78.0 cm³/mol. The second-order valence-corrected chi connectivity index (χ2v) is 4.76. The number of fused-ring (bicyclic) bond motifs is 1. The molecule has 2 heterocycles. The Labute approximate surface area is 115 Å². The highest BCUT2D eigenvalue weighted by atomic mass is 16.1. The lowest BCUT2D eigenvalue weighted by atomic mass is 10.2. The molecule has 0 aliphatic heterocycles. The molecule has 100 valence electrons. The summed E-state index contributed by atoms with van der Waals surface area (Å²) in [7, 11) is 1.82. The van der Waals surface area contributed by atoms with Crippen LogP contribution in [0.1, 0.15) is 10.5 Å². The molecule has 0 aliphatic carbocycles. The molecule has 3 aromatic rings. The number of ketones is 1. The maximum Gasteiger partial charge on any atom is 0.258 e. The molecule has 0 fully saturated rings. The highest BCUT2D eigenvalue weighted by Crippen LogP contribution is 2.09. The van der Waals surface area contributed by atoms with E-state index in [1.54, 1.807) is 22.9 Å². The summed E-state index contributed by atoms with van der Waals surface area (Å²) in [6, 6.07) is 12.8. The largest absolute Gasteiger partial charge is 0.348 e. The Kier molecular flexibility index (Phi) is 2.99. The lowest BCUT2D eigenvalue weighted by Gasteiger charge is -2.07. The van der Waals surface area contributed by atoms with Gasteiger partial charge in [-0.2, -0.15) is 0 Å². The summed E-state index contributed by atoms with van der Waals surface area (Å²) in [5, 5.41) is 1.52. The molecule has 4 nitrogen and oxygen atoms in total. The molecule has 0 radical (unpaired) electrons. The zero-order chi connectivity index (χ0) is 14.1. The third kappa shape index (κ3) is 2.05. The maximum atomic E-state index is 12.3. The van der Waals surface area contributed by atoms with E-state index in [1.807, 2.05) is 43.6 Å². The quantitative estimate of drug-likeness (QED) is 0.682. The van der Waals surface area contributed by atoms with E-state index < -0.39 is 0 Å².